The summed E-state index contributed by atoms with van der Waals surface area (Å²) >= 11 is 0. The molecule has 2 unspecified atom stereocenters. The molecular formula is C14H20O3. The summed E-state index contributed by atoms with van der Waals surface area (Å²) in [5.74, 6) is 0.722. The van der Waals surface area contributed by atoms with Crippen LogP contribution in [-0.2, 0) is 9.53 Å². The Bertz CT molecular complexity index is 431. The van der Waals surface area contributed by atoms with Crippen molar-refractivity contribution in [2.45, 2.75) is 39.7 Å². The standard InChI is InChI=1S/C14H20O3/c1-12(2,3)11(15)17-7-8-6-14(16)10-5-9(8)13(10,14)4/h6,9-10,16H,5,7H2,1-4H3/t9-,10-,13?,14?/m1/s1. The van der Waals surface area contributed by atoms with Crippen LogP contribution in [0.3, 0.4) is 0 Å². The molecule has 0 aromatic heterocycles. The number of carbonyl (C=O) groups excluding carboxylic acids is 1. The first kappa shape index (κ1) is 11.3. The second kappa shape index (κ2) is 2.77. The van der Waals surface area contributed by atoms with Gasteiger partial charge in [-0.1, -0.05) is 6.92 Å². The Kier molecular flexibility index (Phi) is 1.84. The molecule has 0 radical (unpaired) electrons. The number of ether oxygens (including phenoxy) is 1. The normalized spacial score (nSPS) is 45.8. The molecular weight excluding hydrogens is 216 g/mol. The molecule has 0 bridgehead atoms. The molecule has 3 aliphatic carbocycles. The first-order valence-corrected chi connectivity index (χ1v) is 6.32. The predicted octanol–water partition coefficient (Wildman–Crippen LogP) is 1.90. The van der Waals surface area contributed by atoms with Gasteiger partial charge in [0.2, 0.25) is 0 Å². The topological polar surface area (TPSA) is 46.5 Å². The minimum atomic E-state index is -0.582. The van der Waals surface area contributed by atoms with E-state index in [0.717, 1.165) is 12.0 Å². The molecule has 3 rings (SSSR count). The fourth-order valence-electron chi connectivity index (χ4n) is 3.70. The molecule has 94 valence electrons. The van der Waals surface area contributed by atoms with Crippen molar-refractivity contribution in [1.29, 1.82) is 0 Å². The van der Waals surface area contributed by atoms with Gasteiger partial charge in [-0.15, -0.1) is 0 Å². The highest BCUT2D eigenvalue weighted by atomic mass is 16.5. The summed E-state index contributed by atoms with van der Waals surface area (Å²) < 4.78 is 5.33. The molecule has 0 amide bonds. The van der Waals surface area contributed by atoms with E-state index in [-0.39, 0.29) is 11.4 Å². The molecule has 0 spiro atoms. The van der Waals surface area contributed by atoms with Gasteiger partial charge in [-0.2, -0.15) is 0 Å². The molecule has 0 aromatic rings. The van der Waals surface area contributed by atoms with Gasteiger partial charge >= 0.3 is 5.97 Å². The van der Waals surface area contributed by atoms with E-state index >= 15 is 0 Å². The smallest absolute Gasteiger partial charge is 0.311 e. The van der Waals surface area contributed by atoms with Gasteiger partial charge < -0.3 is 9.84 Å². The van der Waals surface area contributed by atoms with Gasteiger partial charge in [0.25, 0.3) is 0 Å². The molecule has 1 N–H and O–H groups in total. The van der Waals surface area contributed by atoms with Crippen LogP contribution in [0, 0.1) is 22.7 Å². The maximum atomic E-state index is 11.7. The van der Waals surface area contributed by atoms with Gasteiger partial charge in [0.05, 0.1) is 11.0 Å². The summed E-state index contributed by atoms with van der Waals surface area (Å²) in [6, 6.07) is 0. The van der Waals surface area contributed by atoms with E-state index in [1.54, 1.807) is 0 Å². The first-order valence-electron chi connectivity index (χ1n) is 6.32. The van der Waals surface area contributed by atoms with Crippen LogP contribution in [0.15, 0.2) is 11.6 Å². The molecule has 2 saturated carbocycles. The van der Waals surface area contributed by atoms with E-state index in [9.17, 15) is 9.90 Å². The highest BCUT2D eigenvalue weighted by Gasteiger charge is 2.85. The lowest BCUT2D eigenvalue weighted by Crippen LogP contribution is -2.30. The molecule has 3 heteroatoms. The summed E-state index contributed by atoms with van der Waals surface area (Å²) in [6.45, 7) is 8.05. The first-order chi connectivity index (χ1) is 7.71. The minimum absolute atomic E-state index is 0.0659. The Morgan fingerprint density at radius 3 is 2.65 bits per heavy atom. The van der Waals surface area contributed by atoms with E-state index in [0.29, 0.717) is 18.4 Å². The van der Waals surface area contributed by atoms with Crippen molar-refractivity contribution in [3.8, 4) is 0 Å². The minimum Gasteiger partial charge on any atom is -0.461 e. The van der Waals surface area contributed by atoms with E-state index in [2.05, 4.69) is 6.92 Å². The van der Waals surface area contributed by atoms with Gasteiger partial charge in [0.15, 0.2) is 0 Å². The van der Waals surface area contributed by atoms with Crippen LogP contribution in [0.5, 0.6) is 0 Å². The molecule has 0 aliphatic heterocycles. The summed E-state index contributed by atoms with van der Waals surface area (Å²) in [5, 5.41) is 10.3. The Morgan fingerprint density at radius 1 is 1.59 bits per heavy atom. The molecule has 2 fully saturated rings. The summed E-state index contributed by atoms with van der Waals surface area (Å²) in [4.78, 5) is 11.7. The zero-order valence-electron chi connectivity index (χ0n) is 10.9. The average molecular weight is 236 g/mol. The molecule has 4 atom stereocenters. The third kappa shape index (κ3) is 1.13. The number of aliphatic hydroxyl groups is 1. The number of hydrogen-bond acceptors (Lipinski definition) is 3. The number of carbonyl (C=O) groups is 1. The van der Waals surface area contributed by atoms with E-state index in [1.165, 1.54) is 0 Å². The molecule has 0 saturated heterocycles. The lowest BCUT2D eigenvalue weighted by Gasteiger charge is -2.33. The van der Waals surface area contributed by atoms with Crippen LogP contribution in [0.4, 0.5) is 0 Å². The van der Waals surface area contributed by atoms with Gasteiger partial charge in [-0.3, -0.25) is 4.79 Å². The van der Waals surface area contributed by atoms with Gasteiger partial charge in [0, 0.05) is 11.3 Å². The second-order valence-electron chi connectivity index (χ2n) is 6.99. The number of esters is 1. The molecule has 0 aromatic carbocycles. The van der Waals surface area contributed by atoms with Crippen LogP contribution < -0.4 is 0 Å². The summed E-state index contributed by atoms with van der Waals surface area (Å²) in [5.41, 5.74) is 0.151. The van der Waals surface area contributed by atoms with Gasteiger partial charge in [-0.05, 0) is 44.8 Å². The van der Waals surface area contributed by atoms with Gasteiger partial charge in [-0.25, -0.2) is 0 Å². The van der Waals surface area contributed by atoms with E-state index in [1.807, 2.05) is 26.8 Å². The van der Waals surface area contributed by atoms with Crippen molar-refractivity contribution in [2.24, 2.45) is 22.7 Å². The Morgan fingerprint density at radius 2 is 2.24 bits per heavy atom. The molecule has 17 heavy (non-hydrogen) atoms. The number of fused-ring (bicyclic) bond motifs is 1. The van der Waals surface area contributed by atoms with Crippen LogP contribution in [0.25, 0.3) is 0 Å². The van der Waals surface area contributed by atoms with E-state index in [4.69, 9.17) is 4.74 Å². The van der Waals surface area contributed by atoms with Crippen molar-refractivity contribution >= 4 is 5.97 Å². The monoisotopic (exact) mass is 236 g/mol. The lowest BCUT2D eigenvalue weighted by atomic mass is 9.71. The fraction of sp³-hybridized carbons (Fsp3) is 0.786. The Labute approximate surface area is 102 Å². The molecule has 3 nitrogen and oxygen atoms in total. The maximum absolute atomic E-state index is 11.7. The van der Waals surface area contributed by atoms with Crippen LogP contribution in [0.1, 0.15) is 34.1 Å². The predicted molar refractivity (Wildman–Crippen MR) is 63.2 cm³/mol. The zero-order valence-corrected chi connectivity index (χ0v) is 10.9. The lowest BCUT2D eigenvalue weighted by molar-refractivity contribution is -0.152. The van der Waals surface area contributed by atoms with Crippen molar-refractivity contribution in [2.75, 3.05) is 6.61 Å². The van der Waals surface area contributed by atoms with Crippen LogP contribution >= 0.6 is 0 Å². The third-order valence-electron chi connectivity index (χ3n) is 5.07. The van der Waals surface area contributed by atoms with Crippen molar-refractivity contribution in [3.05, 3.63) is 11.6 Å². The highest BCUT2D eigenvalue weighted by molar-refractivity contribution is 5.75. The summed E-state index contributed by atoms with van der Waals surface area (Å²) in [7, 11) is 0. The number of rotatable bonds is 2. The maximum Gasteiger partial charge on any atom is 0.311 e. The van der Waals surface area contributed by atoms with Crippen LogP contribution in [0.2, 0.25) is 0 Å². The SMILES string of the molecule is CC(C)(C)C(=O)OCC1=CC2(O)[C@@H]3C[C@H]1C32C. The Hall–Kier alpha value is -0.830. The van der Waals surface area contributed by atoms with E-state index < -0.39 is 11.0 Å². The summed E-state index contributed by atoms with van der Waals surface area (Å²) in [6.07, 6.45) is 3.01. The fourth-order valence-corrected chi connectivity index (χ4v) is 3.70. The van der Waals surface area contributed by atoms with Crippen molar-refractivity contribution in [1.82, 2.24) is 0 Å². The second-order valence-corrected chi connectivity index (χ2v) is 6.99. The third-order valence-corrected chi connectivity index (χ3v) is 5.07. The zero-order chi connectivity index (χ0) is 12.6. The van der Waals surface area contributed by atoms with Crippen molar-refractivity contribution in [3.63, 3.8) is 0 Å². The van der Waals surface area contributed by atoms with Crippen molar-refractivity contribution < 1.29 is 14.6 Å². The Balaban J connectivity index is 1.64. The molecule has 0 heterocycles. The highest BCUT2D eigenvalue weighted by Crippen LogP contribution is 2.83. The number of hydrogen-bond donors (Lipinski definition) is 1. The van der Waals surface area contributed by atoms with Crippen LogP contribution in [-0.4, -0.2) is 23.3 Å². The average Bonchev–Trinajstić information content (AvgIpc) is 2.46. The van der Waals surface area contributed by atoms with Gasteiger partial charge in [0.1, 0.15) is 6.61 Å². The molecule has 3 aliphatic rings. The quantitative estimate of drug-likeness (QED) is 0.588. The largest absolute Gasteiger partial charge is 0.461 e.